The molecule has 0 radical (unpaired) electrons. The summed E-state index contributed by atoms with van der Waals surface area (Å²) in [6.45, 7) is 4.12. The number of nitrogens with one attached hydrogen (secondary N) is 1. The molecule has 1 aromatic carbocycles. The number of amides is 1. The maximum atomic E-state index is 11.7. The van der Waals surface area contributed by atoms with Gasteiger partial charge >= 0.3 is 0 Å². The molecular weight excluding hydrogens is 332 g/mol. The molecule has 0 aliphatic heterocycles. The smallest absolute Gasteiger partial charge is 0.235 e. The van der Waals surface area contributed by atoms with Gasteiger partial charge in [0.2, 0.25) is 5.91 Å². The van der Waals surface area contributed by atoms with Crippen LogP contribution in [0.3, 0.4) is 0 Å². The molecule has 0 unspecified atom stereocenters. The van der Waals surface area contributed by atoms with E-state index in [1.165, 1.54) is 0 Å². The Labute approximate surface area is 141 Å². The molecule has 1 N–H and O–H groups in total. The van der Waals surface area contributed by atoms with Crippen LogP contribution in [0.4, 0.5) is 0 Å². The van der Waals surface area contributed by atoms with E-state index in [0.29, 0.717) is 6.54 Å². The first-order chi connectivity index (χ1) is 10.9. The molecular formula is C16H22N2O3S2. The summed E-state index contributed by atoms with van der Waals surface area (Å²) in [7, 11) is -3.31. The van der Waals surface area contributed by atoms with E-state index in [-0.39, 0.29) is 11.7 Å². The summed E-state index contributed by atoms with van der Waals surface area (Å²) < 4.78 is 24.6. The van der Waals surface area contributed by atoms with E-state index in [0.717, 1.165) is 28.1 Å². The van der Waals surface area contributed by atoms with E-state index < -0.39 is 21.5 Å². The van der Waals surface area contributed by atoms with Crippen LogP contribution in [0.15, 0.2) is 24.3 Å². The third kappa shape index (κ3) is 5.91. The Bertz CT molecular complexity index is 733. The van der Waals surface area contributed by atoms with Gasteiger partial charge in [-0.3, -0.25) is 4.79 Å². The number of nitrogens with zero attached hydrogens (tertiary/aromatic N) is 1. The van der Waals surface area contributed by atoms with Crippen molar-refractivity contribution in [3.05, 3.63) is 29.3 Å². The highest BCUT2D eigenvalue weighted by Gasteiger charge is 2.17. The highest BCUT2D eigenvalue weighted by atomic mass is 32.2. The predicted molar refractivity (Wildman–Crippen MR) is 94.4 cm³/mol. The molecule has 0 spiro atoms. The van der Waals surface area contributed by atoms with Crippen LogP contribution in [-0.4, -0.2) is 37.4 Å². The molecule has 0 aliphatic carbocycles. The Kier molecular flexibility index (Phi) is 6.12. The molecule has 1 aromatic heterocycles. The number of rotatable bonds is 8. The summed E-state index contributed by atoms with van der Waals surface area (Å²) in [5, 5.41) is 3.71. The first-order valence-corrected chi connectivity index (χ1v) is 10.3. The lowest BCUT2D eigenvalue weighted by Crippen LogP contribution is -2.32. The minimum absolute atomic E-state index is 0.0341. The first-order valence-electron chi connectivity index (χ1n) is 7.67. The maximum absolute atomic E-state index is 11.7. The van der Waals surface area contributed by atoms with E-state index in [2.05, 4.69) is 10.3 Å². The summed E-state index contributed by atoms with van der Waals surface area (Å²) in [5.74, 6) is -0.764. The topological polar surface area (TPSA) is 76.1 Å². The molecule has 0 aliphatic rings. The van der Waals surface area contributed by atoms with Crippen LogP contribution in [0.2, 0.25) is 0 Å². The van der Waals surface area contributed by atoms with Crippen LogP contribution in [0.1, 0.15) is 25.3 Å². The van der Waals surface area contributed by atoms with Gasteiger partial charge in [-0.2, -0.15) is 0 Å². The third-order valence-electron chi connectivity index (χ3n) is 3.17. The van der Waals surface area contributed by atoms with Crippen molar-refractivity contribution in [2.45, 2.75) is 26.7 Å². The number of hydrogen-bond donors (Lipinski definition) is 1. The molecule has 1 amide bonds. The zero-order valence-corrected chi connectivity index (χ0v) is 15.0. The van der Waals surface area contributed by atoms with Crippen molar-refractivity contribution in [3.8, 4) is 0 Å². The van der Waals surface area contributed by atoms with E-state index in [1.54, 1.807) is 11.3 Å². The van der Waals surface area contributed by atoms with Crippen molar-refractivity contribution in [2.75, 3.05) is 18.1 Å². The normalized spacial score (nSPS) is 12.0. The average molecular weight is 354 g/mol. The van der Waals surface area contributed by atoms with Gasteiger partial charge in [0.05, 0.1) is 21.0 Å². The summed E-state index contributed by atoms with van der Waals surface area (Å²) in [6.07, 6.45) is 1.52. The molecule has 0 atom stereocenters. The quantitative estimate of drug-likeness (QED) is 0.739. The Morgan fingerprint density at radius 3 is 2.74 bits per heavy atom. The Morgan fingerprint density at radius 1 is 1.30 bits per heavy atom. The fraction of sp³-hybridized carbons (Fsp3) is 0.500. The number of benzene rings is 1. The zero-order valence-electron chi connectivity index (χ0n) is 13.4. The van der Waals surface area contributed by atoms with Gasteiger partial charge in [-0.05, 0) is 24.5 Å². The predicted octanol–water partition coefficient (Wildman–Crippen LogP) is 2.42. The van der Waals surface area contributed by atoms with E-state index in [9.17, 15) is 13.2 Å². The van der Waals surface area contributed by atoms with Crippen LogP contribution in [0.5, 0.6) is 0 Å². The largest absolute Gasteiger partial charge is 0.355 e. The van der Waals surface area contributed by atoms with Crippen molar-refractivity contribution in [2.24, 2.45) is 5.92 Å². The molecule has 0 fully saturated rings. The molecule has 1 heterocycles. The maximum Gasteiger partial charge on any atom is 0.235 e. The van der Waals surface area contributed by atoms with Gasteiger partial charge in [0.15, 0.2) is 9.84 Å². The molecule has 5 nitrogen and oxygen atoms in total. The van der Waals surface area contributed by atoms with Crippen LogP contribution in [-0.2, 0) is 21.1 Å². The lowest BCUT2D eigenvalue weighted by molar-refractivity contribution is -0.118. The summed E-state index contributed by atoms with van der Waals surface area (Å²) in [5.41, 5.74) is 0.997. The van der Waals surface area contributed by atoms with E-state index in [1.807, 2.05) is 38.1 Å². The number of aryl methyl sites for hydroxylation is 1. The fourth-order valence-corrected chi connectivity index (χ4v) is 4.96. The second-order valence-corrected chi connectivity index (χ2v) is 9.20. The lowest BCUT2D eigenvalue weighted by Gasteiger charge is -2.07. The van der Waals surface area contributed by atoms with Gasteiger partial charge in [0.1, 0.15) is 5.75 Å². The van der Waals surface area contributed by atoms with Crippen molar-refractivity contribution in [1.82, 2.24) is 10.3 Å². The minimum Gasteiger partial charge on any atom is -0.355 e. The van der Waals surface area contributed by atoms with Gasteiger partial charge in [0, 0.05) is 13.0 Å². The molecule has 2 aromatic rings. The Hall–Kier alpha value is -1.47. The van der Waals surface area contributed by atoms with Crippen LogP contribution in [0, 0.1) is 5.92 Å². The SMILES string of the molecule is CC(C)CS(=O)(=O)CC(=O)NCCCc1nc2ccccc2s1. The average Bonchev–Trinajstić information content (AvgIpc) is 2.84. The molecule has 126 valence electrons. The number of carbonyl (C=O) groups is 1. The number of hydrogen-bond acceptors (Lipinski definition) is 5. The fourth-order valence-electron chi connectivity index (χ4n) is 2.31. The third-order valence-corrected chi connectivity index (χ3v) is 6.14. The molecule has 2 rings (SSSR count). The highest BCUT2D eigenvalue weighted by Crippen LogP contribution is 2.22. The zero-order chi connectivity index (χ0) is 16.9. The Morgan fingerprint density at radius 2 is 2.04 bits per heavy atom. The van der Waals surface area contributed by atoms with E-state index >= 15 is 0 Å². The number of carbonyl (C=O) groups excluding carboxylic acids is 1. The summed E-state index contributed by atoms with van der Waals surface area (Å²) in [6, 6.07) is 7.97. The number of sulfone groups is 1. The number of para-hydroxylation sites is 1. The monoisotopic (exact) mass is 354 g/mol. The van der Waals surface area contributed by atoms with Crippen molar-refractivity contribution in [3.63, 3.8) is 0 Å². The lowest BCUT2D eigenvalue weighted by atomic mass is 10.3. The minimum atomic E-state index is -3.31. The second kappa shape index (κ2) is 7.88. The molecule has 23 heavy (non-hydrogen) atoms. The molecule has 0 saturated carbocycles. The van der Waals surface area contributed by atoms with Crippen molar-refractivity contribution < 1.29 is 13.2 Å². The number of aromatic nitrogens is 1. The number of fused-ring (bicyclic) bond motifs is 1. The molecule has 7 heteroatoms. The van der Waals surface area contributed by atoms with Gasteiger partial charge in [-0.1, -0.05) is 26.0 Å². The van der Waals surface area contributed by atoms with Crippen LogP contribution >= 0.6 is 11.3 Å². The van der Waals surface area contributed by atoms with Gasteiger partial charge in [0.25, 0.3) is 0 Å². The van der Waals surface area contributed by atoms with Crippen LogP contribution in [0.25, 0.3) is 10.2 Å². The summed E-state index contributed by atoms with van der Waals surface area (Å²) in [4.78, 5) is 16.2. The van der Waals surface area contributed by atoms with Crippen molar-refractivity contribution in [1.29, 1.82) is 0 Å². The second-order valence-electron chi connectivity index (χ2n) is 5.98. The van der Waals surface area contributed by atoms with Gasteiger partial charge in [-0.15, -0.1) is 11.3 Å². The number of thiazole rings is 1. The molecule has 0 saturated heterocycles. The van der Waals surface area contributed by atoms with Gasteiger partial charge in [-0.25, -0.2) is 13.4 Å². The standard InChI is InChI=1S/C16H22N2O3S2/c1-12(2)10-23(20,21)11-15(19)17-9-5-8-16-18-13-6-3-4-7-14(13)22-16/h3-4,6-7,12H,5,8-11H2,1-2H3,(H,17,19). The van der Waals surface area contributed by atoms with E-state index in [4.69, 9.17) is 0 Å². The Balaban J connectivity index is 1.73. The highest BCUT2D eigenvalue weighted by molar-refractivity contribution is 7.92. The molecule has 0 bridgehead atoms. The van der Waals surface area contributed by atoms with Crippen molar-refractivity contribution >= 4 is 37.3 Å². The van der Waals surface area contributed by atoms with Gasteiger partial charge < -0.3 is 5.32 Å². The van der Waals surface area contributed by atoms with Crippen LogP contribution < -0.4 is 5.32 Å². The summed E-state index contributed by atoms with van der Waals surface area (Å²) >= 11 is 1.65. The first kappa shape index (κ1) is 17.9.